The summed E-state index contributed by atoms with van der Waals surface area (Å²) < 4.78 is 5.53. The molecule has 0 aromatic heterocycles. The lowest BCUT2D eigenvalue weighted by molar-refractivity contribution is 0.177. The first-order chi connectivity index (χ1) is 10.2. The van der Waals surface area contributed by atoms with Crippen LogP contribution in [0.1, 0.15) is 32.6 Å². The Morgan fingerprint density at radius 1 is 1.43 bits per heavy atom. The predicted octanol–water partition coefficient (Wildman–Crippen LogP) is 2.76. The Morgan fingerprint density at radius 3 is 3.00 bits per heavy atom. The van der Waals surface area contributed by atoms with Crippen LogP contribution in [0.2, 0.25) is 0 Å². The normalized spacial score (nSPS) is 21.0. The third-order valence-electron chi connectivity index (χ3n) is 3.63. The van der Waals surface area contributed by atoms with Gasteiger partial charge in [-0.25, -0.2) is 4.79 Å². The van der Waals surface area contributed by atoms with Crippen LogP contribution in [0.4, 0.5) is 10.5 Å². The predicted molar refractivity (Wildman–Crippen MR) is 82.6 cm³/mol. The SMILES string of the molecule is CCCOc1cccc(NC(=O)NC[C@@H]2CC[C@H](O)C2)c1. The summed E-state index contributed by atoms with van der Waals surface area (Å²) >= 11 is 0. The van der Waals surface area contributed by atoms with E-state index in [4.69, 9.17) is 4.74 Å². The third kappa shape index (κ3) is 5.27. The van der Waals surface area contributed by atoms with Gasteiger partial charge in [-0.3, -0.25) is 0 Å². The number of aliphatic hydroxyl groups is 1. The van der Waals surface area contributed by atoms with Gasteiger partial charge in [-0.2, -0.15) is 0 Å². The average Bonchev–Trinajstić information content (AvgIpc) is 2.89. The number of rotatable bonds is 6. The Labute approximate surface area is 125 Å². The average molecular weight is 292 g/mol. The lowest BCUT2D eigenvalue weighted by atomic mass is 10.1. The standard InChI is InChI=1S/C16H24N2O3/c1-2-8-21-15-5-3-4-13(10-15)18-16(20)17-11-12-6-7-14(19)9-12/h3-5,10,12,14,19H,2,6-9,11H2,1H3,(H2,17,18,20)/t12-,14+/m1/s1. The lowest BCUT2D eigenvalue weighted by Gasteiger charge is -2.12. The maximum Gasteiger partial charge on any atom is 0.319 e. The highest BCUT2D eigenvalue weighted by Crippen LogP contribution is 2.24. The van der Waals surface area contributed by atoms with Crippen molar-refractivity contribution in [1.82, 2.24) is 5.32 Å². The minimum atomic E-state index is -0.218. The molecule has 0 radical (unpaired) electrons. The van der Waals surface area contributed by atoms with Crippen LogP contribution < -0.4 is 15.4 Å². The van der Waals surface area contributed by atoms with Crippen LogP contribution in [0.15, 0.2) is 24.3 Å². The van der Waals surface area contributed by atoms with Gasteiger partial charge in [-0.1, -0.05) is 13.0 Å². The van der Waals surface area contributed by atoms with E-state index >= 15 is 0 Å². The van der Waals surface area contributed by atoms with Crippen LogP contribution in [-0.4, -0.2) is 30.4 Å². The molecule has 116 valence electrons. The Bertz CT molecular complexity index is 465. The van der Waals surface area contributed by atoms with E-state index in [1.54, 1.807) is 0 Å². The van der Waals surface area contributed by atoms with Crippen LogP contribution in [0.25, 0.3) is 0 Å². The number of carbonyl (C=O) groups is 1. The molecular formula is C16H24N2O3. The van der Waals surface area contributed by atoms with Crippen molar-refractivity contribution in [3.63, 3.8) is 0 Å². The van der Waals surface area contributed by atoms with E-state index in [2.05, 4.69) is 17.6 Å². The van der Waals surface area contributed by atoms with Gasteiger partial charge in [0.2, 0.25) is 0 Å². The molecule has 0 saturated heterocycles. The Balaban J connectivity index is 1.76. The van der Waals surface area contributed by atoms with Crippen molar-refractivity contribution < 1.29 is 14.6 Å². The summed E-state index contributed by atoms with van der Waals surface area (Å²) in [6.45, 7) is 3.32. The fourth-order valence-electron chi connectivity index (χ4n) is 2.53. The van der Waals surface area contributed by atoms with Gasteiger partial charge < -0.3 is 20.5 Å². The molecule has 5 nitrogen and oxygen atoms in total. The first kappa shape index (κ1) is 15.6. The molecule has 5 heteroatoms. The molecule has 1 fully saturated rings. The molecule has 2 atom stereocenters. The Hall–Kier alpha value is -1.75. The first-order valence-electron chi connectivity index (χ1n) is 7.63. The number of amides is 2. The van der Waals surface area contributed by atoms with Crippen molar-refractivity contribution in [2.75, 3.05) is 18.5 Å². The summed E-state index contributed by atoms with van der Waals surface area (Å²) in [5.41, 5.74) is 0.715. The van der Waals surface area contributed by atoms with Crippen molar-refractivity contribution in [1.29, 1.82) is 0 Å². The Morgan fingerprint density at radius 2 is 2.29 bits per heavy atom. The van der Waals surface area contributed by atoms with E-state index in [0.29, 0.717) is 24.8 Å². The number of anilines is 1. The van der Waals surface area contributed by atoms with E-state index in [-0.39, 0.29) is 12.1 Å². The second kappa shape index (κ2) is 7.88. The van der Waals surface area contributed by atoms with Crippen LogP contribution in [0.5, 0.6) is 5.75 Å². The molecule has 0 spiro atoms. The van der Waals surface area contributed by atoms with E-state index < -0.39 is 0 Å². The fraction of sp³-hybridized carbons (Fsp3) is 0.562. The highest BCUT2D eigenvalue weighted by Gasteiger charge is 2.22. The molecule has 1 aliphatic rings. The van der Waals surface area contributed by atoms with Crippen molar-refractivity contribution in [2.24, 2.45) is 5.92 Å². The van der Waals surface area contributed by atoms with E-state index in [0.717, 1.165) is 31.4 Å². The van der Waals surface area contributed by atoms with E-state index in [9.17, 15) is 9.90 Å². The summed E-state index contributed by atoms with van der Waals surface area (Å²) in [5, 5.41) is 15.1. The van der Waals surface area contributed by atoms with Gasteiger partial charge >= 0.3 is 6.03 Å². The molecule has 1 aromatic rings. The van der Waals surface area contributed by atoms with Crippen molar-refractivity contribution >= 4 is 11.7 Å². The highest BCUT2D eigenvalue weighted by molar-refractivity contribution is 5.89. The zero-order chi connectivity index (χ0) is 15.1. The number of nitrogens with one attached hydrogen (secondary N) is 2. The summed E-state index contributed by atoms with van der Waals surface area (Å²) in [5.74, 6) is 1.14. The zero-order valence-electron chi connectivity index (χ0n) is 12.5. The number of hydrogen-bond donors (Lipinski definition) is 3. The van der Waals surface area contributed by atoms with E-state index in [1.807, 2.05) is 24.3 Å². The number of aliphatic hydroxyl groups excluding tert-OH is 1. The molecule has 1 saturated carbocycles. The van der Waals surface area contributed by atoms with Gasteiger partial charge in [-0.15, -0.1) is 0 Å². The summed E-state index contributed by atoms with van der Waals surface area (Å²) in [4.78, 5) is 11.9. The number of benzene rings is 1. The summed E-state index contributed by atoms with van der Waals surface area (Å²) in [6, 6.07) is 7.16. The third-order valence-corrected chi connectivity index (χ3v) is 3.63. The molecule has 21 heavy (non-hydrogen) atoms. The molecule has 0 aliphatic heterocycles. The van der Waals surface area contributed by atoms with Gasteiger partial charge in [0.15, 0.2) is 0 Å². The lowest BCUT2D eigenvalue weighted by Crippen LogP contribution is -2.32. The van der Waals surface area contributed by atoms with Crippen molar-refractivity contribution in [2.45, 2.75) is 38.7 Å². The van der Waals surface area contributed by atoms with Gasteiger partial charge in [-0.05, 0) is 43.7 Å². The largest absolute Gasteiger partial charge is 0.494 e. The molecule has 2 rings (SSSR count). The second-order valence-electron chi connectivity index (χ2n) is 5.54. The maximum absolute atomic E-state index is 11.9. The molecule has 3 N–H and O–H groups in total. The number of ether oxygens (including phenoxy) is 1. The topological polar surface area (TPSA) is 70.6 Å². The first-order valence-corrected chi connectivity index (χ1v) is 7.63. The van der Waals surface area contributed by atoms with Crippen molar-refractivity contribution in [3.8, 4) is 5.75 Å². The minimum Gasteiger partial charge on any atom is -0.494 e. The maximum atomic E-state index is 11.9. The van der Waals surface area contributed by atoms with Crippen LogP contribution in [-0.2, 0) is 0 Å². The second-order valence-corrected chi connectivity index (χ2v) is 5.54. The minimum absolute atomic E-state index is 0.202. The number of carbonyl (C=O) groups excluding carboxylic acids is 1. The summed E-state index contributed by atoms with van der Waals surface area (Å²) in [7, 11) is 0. The van der Waals surface area contributed by atoms with Crippen LogP contribution in [0.3, 0.4) is 0 Å². The molecule has 1 aliphatic carbocycles. The highest BCUT2D eigenvalue weighted by atomic mass is 16.5. The van der Waals surface area contributed by atoms with E-state index in [1.165, 1.54) is 0 Å². The van der Waals surface area contributed by atoms with Crippen molar-refractivity contribution in [3.05, 3.63) is 24.3 Å². The quantitative estimate of drug-likeness (QED) is 0.755. The summed E-state index contributed by atoms with van der Waals surface area (Å²) in [6.07, 6.45) is 3.34. The van der Waals surface area contributed by atoms with Crippen LogP contribution >= 0.6 is 0 Å². The van der Waals surface area contributed by atoms with Gasteiger partial charge in [0, 0.05) is 18.3 Å². The van der Waals surface area contributed by atoms with Gasteiger partial charge in [0.25, 0.3) is 0 Å². The smallest absolute Gasteiger partial charge is 0.319 e. The fourth-order valence-corrected chi connectivity index (χ4v) is 2.53. The number of urea groups is 1. The molecule has 0 unspecified atom stereocenters. The Kier molecular flexibility index (Phi) is 5.87. The molecule has 2 amide bonds. The number of hydrogen-bond acceptors (Lipinski definition) is 3. The monoisotopic (exact) mass is 292 g/mol. The zero-order valence-corrected chi connectivity index (χ0v) is 12.5. The molecule has 0 bridgehead atoms. The van der Waals surface area contributed by atoms with Gasteiger partial charge in [0.1, 0.15) is 5.75 Å². The molecular weight excluding hydrogens is 268 g/mol. The molecule has 0 heterocycles. The molecule has 1 aromatic carbocycles. The van der Waals surface area contributed by atoms with Crippen LogP contribution in [0, 0.1) is 5.92 Å². The van der Waals surface area contributed by atoms with Gasteiger partial charge in [0.05, 0.1) is 12.7 Å².